The SMILES string of the molecule is C[C@H](Cc1ccccc1OCc1ccnc(N2CC3(COC3)C2)n1)c1ccccc1OC[C@H](C)[C@@H](C)Nc1ccc2c(c1)C(=O)N(C1CCC(=O)NC1=O)C2=O. The number of hydrogen-bond acceptors (Lipinski definition) is 11. The number of rotatable bonds is 14. The molecule has 56 heavy (non-hydrogen) atoms. The summed E-state index contributed by atoms with van der Waals surface area (Å²) in [5.74, 6) is 0.478. The third kappa shape index (κ3) is 7.43. The van der Waals surface area contributed by atoms with Crippen LogP contribution in [0.25, 0.3) is 0 Å². The molecule has 4 amide bonds. The Labute approximate surface area is 325 Å². The van der Waals surface area contributed by atoms with Crippen molar-refractivity contribution in [2.75, 3.05) is 43.1 Å². The number of fused-ring (bicyclic) bond motifs is 1. The molecule has 8 rings (SSSR count). The monoisotopic (exact) mass is 758 g/mol. The number of benzene rings is 3. The lowest BCUT2D eigenvalue weighted by Gasteiger charge is -2.54. The second-order valence-electron chi connectivity index (χ2n) is 15.7. The van der Waals surface area contributed by atoms with E-state index in [1.165, 1.54) is 0 Å². The summed E-state index contributed by atoms with van der Waals surface area (Å²) in [7, 11) is 0. The Bertz CT molecular complexity index is 2160. The second-order valence-corrected chi connectivity index (χ2v) is 15.7. The number of anilines is 2. The van der Waals surface area contributed by atoms with E-state index in [-0.39, 0.29) is 47.3 Å². The molecule has 4 aliphatic rings. The Balaban J connectivity index is 0.861. The number of nitrogens with zero attached hydrogens (tertiary/aromatic N) is 4. The van der Waals surface area contributed by atoms with Crippen molar-refractivity contribution < 1.29 is 33.4 Å². The molecule has 3 aromatic carbocycles. The Morgan fingerprint density at radius 3 is 2.43 bits per heavy atom. The molecule has 3 saturated heterocycles. The van der Waals surface area contributed by atoms with Gasteiger partial charge in [0.2, 0.25) is 17.8 Å². The molecule has 5 heterocycles. The third-order valence-electron chi connectivity index (χ3n) is 11.4. The van der Waals surface area contributed by atoms with Gasteiger partial charge in [-0.25, -0.2) is 9.97 Å². The van der Waals surface area contributed by atoms with Gasteiger partial charge in [-0.2, -0.15) is 0 Å². The Morgan fingerprint density at radius 2 is 1.66 bits per heavy atom. The van der Waals surface area contributed by atoms with Crippen LogP contribution in [0.2, 0.25) is 0 Å². The van der Waals surface area contributed by atoms with Gasteiger partial charge >= 0.3 is 0 Å². The zero-order valence-corrected chi connectivity index (χ0v) is 31.8. The van der Waals surface area contributed by atoms with Crippen molar-refractivity contribution in [2.24, 2.45) is 11.3 Å². The van der Waals surface area contributed by atoms with E-state index in [0.717, 1.165) is 71.9 Å². The van der Waals surface area contributed by atoms with Crippen LogP contribution in [0.1, 0.15) is 77.1 Å². The van der Waals surface area contributed by atoms with E-state index >= 15 is 0 Å². The minimum Gasteiger partial charge on any atom is -0.493 e. The van der Waals surface area contributed by atoms with E-state index in [2.05, 4.69) is 46.5 Å². The topological polar surface area (TPSA) is 152 Å². The standard InChI is InChI=1S/C43H46N6O7/c1-26(18-29-8-4-6-10-36(29)56-21-31-16-17-44-42(46-31)48-22-43(23-48)24-54-25-43)32-9-5-7-11-37(32)55-20-27(2)28(3)45-30-12-13-33-34(19-30)41(53)49(40(33)52)35-14-15-38(50)47-39(35)51/h4-13,16-17,19,26-28,35,45H,14-15,18,20-25H2,1-3H3,(H,47,50,51)/t26-,27+,28-,35?/m1/s1. The smallest absolute Gasteiger partial charge is 0.262 e. The number of carbonyl (C=O) groups excluding carboxylic acids is 4. The van der Waals surface area contributed by atoms with E-state index in [9.17, 15) is 19.2 Å². The van der Waals surface area contributed by atoms with Crippen molar-refractivity contribution >= 4 is 35.3 Å². The van der Waals surface area contributed by atoms with E-state index in [1.807, 2.05) is 49.4 Å². The molecule has 13 heteroatoms. The van der Waals surface area contributed by atoms with Gasteiger partial charge in [0.25, 0.3) is 11.8 Å². The maximum absolute atomic E-state index is 13.3. The number of piperidine rings is 1. The average molecular weight is 759 g/mol. The molecule has 290 valence electrons. The third-order valence-corrected chi connectivity index (χ3v) is 11.4. The fraction of sp³-hybridized carbons (Fsp3) is 0.395. The van der Waals surface area contributed by atoms with Crippen LogP contribution >= 0.6 is 0 Å². The van der Waals surface area contributed by atoms with Crippen LogP contribution in [0.5, 0.6) is 11.5 Å². The van der Waals surface area contributed by atoms with Gasteiger partial charge in [0.1, 0.15) is 24.1 Å². The molecule has 13 nitrogen and oxygen atoms in total. The molecule has 4 aromatic rings. The minimum atomic E-state index is -1.00. The van der Waals surface area contributed by atoms with Crippen LogP contribution in [0.15, 0.2) is 79.0 Å². The molecular formula is C43H46N6O7. The van der Waals surface area contributed by atoms with Gasteiger partial charge in [0, 0.05) is 43.4 Å². The summed E-state index contributed by atoms with van der Waals surface area (Å²) < 4.78 is 18.2. The number of nitrogens with one attached hydrogen (secondary N) is 2. The number of aromatic nitrogens is 2. The molecule has 0 radical (unpaired) electrons. The zero-order chi connectivity index (χ0) is 39.0. The summed E-state index contributed by atoms with van der Waals surface area (Å²) in [5.41, 5.74) is 4.47. The molecule has 0 saturated carbocycles. The Hall–Kier alpha value is -5.82. The normalized spacial score (nSPS) is 20.1. The van der Waals surface area contributed by atoms with E-state index in [1.54, 1.807) is 24.4 Å². The highest BCUT2D eigenvalue weighted by Crippen LogP contribution is 2.39. The van der Waals surface area contributed by atoms with Crippen LogP contribution in [-0.2, 0) is 27.4 Å². The molecule has 0 bridgehead atoms. The predicted molar refractivity (Wildman–Crippen MR) is 208 cm³/mol. The molecule has 3 fully saturated rings. The van der Waals surface area contributed by atoms with Crippen molar-refractivity contribution in [3.05, 3.63) is 107 Å². The number of amides is 4. The van der Waals surface area contributed by atoms with Gasteiger partial charge in [-0.15, -0.1) is 0 Å². The molecule has 1 spiro atoms. The van der Waals surface area contributed by atoms with Crippen LogP contribution < -0.4 is 25.0 Å². The fourth-order valence-corrected chi connectivity index (χ4v) is 7.85. The summed E-state index contributed by atoms with van der Waals surface area (Å²) in [4.78, 5) is 63.0. The lowest BCUT2D eigenvalue weighted by molar-refractivity contribution is -0.136. The van der Waals surface area contributed by atoms with Gasteiger partial charge < -0.3 is 24.4 Å². The highest BCUT2D eigenvalue weighted by atomic mass is 16.5. The van der Waals surface area contributed by atoms with Gasteiger partial charge in [0.05, 0.1) is 42.1 Å². The fourth-order valence-electron chi connectivity index (χ4n) is 7.85. The van der Waals surface area contributed by atoms with Crippen LogP contribution in [0, 0.1) is 11.3 Å². The van der Waals surface area contributed by atoms with Crippen molar-refractivity contribution in [3.63, 3.8) is 0 Å². The average Bonchev–Trinajstić information content (AvgIpc) is 3.40. The number of carbonyl (C=O) groups is 4. The molecule has 2 N–H and O–H groups in total. The summed E-state index contributed by atoms with van der Waals surface area (Å²) >= 11 is 0. The maximum atomic E-state index is 13.3. The van der Waals surface area contributed by atoms with Crippen molar-refractivity contribution in [2.45, 2.75) is 64.6 Å². The highest BCUT2D eigenvalue weighted by Gasteiger charge is 2.50. The quantitative estimate of drug-likeness (QED) is 0.164. The Kier molecular flexibility index (Phi) is 10.2. The minimum absolute atomic E-state index is 0.0500. The van der Waals surface area contributed by atoms with E-state index < -0.39 is 29.7 Å². The van der Waals surface area contributed by atoms with Gasteiger partial charge in [-0.1, -0.05) is 50.2 Å². The number of ether oxygens (including phenoxy) is 3. The van der Waals surface area contributed by atoms with Crippen LogP contribution in [0.4, 0.5) is 11.6 Å². The van der Waals surface area contributed by atoms with Gasteiger partial charge in [-0.05, 0) is 73.2 Å². The number of imide groups is 2. The zero-order valence-electron chi connectivity index (χ0n) is 31.8. The lowest BCUT2D eigenvalue weighted by Crippen LogP contribution is -2.66. The molecular weight excluding hydrogens is 713 g/mol. The molecule has 4 aliphatic heterocycles. The van der Waals surface area contributed by atoms with E-state index in [4.69, 9.17) is 19.2 Å². The molecule has 1 unspecified atom stereocenters. The molecule has 0 aliphatic carbocycles. The second kappa shape index (κ2) is 15.4. The van der Waals surface area contributed by atoms with Crippen LogP contribution in [-0.4, -0.2) is 83.5 Å². The first-order chi connectivity index (χ1) is 27.1. The summed E-state index contributed by atoms with van der Waals surface area (Å²) in [6, 6.07) is 22.1. The van der Waals surface area contributed by atoms with E-state index in [0.29, 0.717) is 18.9 Å². The maximum Gasteiger partial charge on any atom is 0.262 e. The first-order valence-electron chi connectivity index (χ1n) is 19.3. The highest BCUT2D eigenvalue weighted by molar-refractivity contribution is 6.23. The number of hydrogen-bond donors (Lipinski definition) is 2. The number of para-hydroxylation sites is 2. The first kappa shape index (κ1) is 37.1. The Morgan fingerprint density at radius 1 is 0.911 bits per heavy atom. The first-order valence-corrected chi connectivity index (χ1v) is 19.3. The molecule has 1 aromatic heterocycles. The summed E-state index contributed by atoms with van der Waals surface area (Å²) in [6.07, 6.45) is 2.73. The van der Waals surface area contributed by atoms with Crippen molar-refractivity contribution in [3.8, 4) is 11.5 Å². The predicted octanol–water partition coefficient (Wildman–Crippen LogP) is 5.16. The lowest BCUT2D eigenvalue weighted by atomic mass is 9.78. The van der Waals surface area contributed by atoms with Gasteiger partial charge in [-0.3, -0.25) is 29.4 Å². The summed E-state index contributed by atoms with van der Waals surface area (Å²) in [5, 5.41) is 5.69. The largest absolute Gasteiger partial charge is 0.493 e. The van der Waals surface area contributed by atoms with Gasteiger partial charge in [0.15, 0.2) is 0 Å². The summed E-state index contributed by atoms with van der Waals surface area (Å²) in [6.45, 7) is 10.6. The molecule has 4 atom stereocenters. The van der Waals surface area contributed by atoms with Crippen LogP contribution in [0.3, 0.4) is 0 Å². The van der Waals surface area contributed by atoms with Crippen molar-refractivity contribution in [1.29, 1.82) is 0 Å². The van der Waals surface area contributed by atoms with Crippen molar-refractivity contribution in [1.82, 2.24) is 20.2 Å².